The molecule has 0 radical (unpaired) electrons. The molecule has 1 aromatic heterocycles. The molecule has 0 saturated carbocycles. The molecule has 1 aromatic carbocycles. The highest BCUT2D eigenvalue weighted by Gasteiger charge is 2.12. The van der Waals surface area contributed by atoms with Crippen LogP contribution in [0.2, 0.25) is 0 Å². The average molecular weight is 271 g/mol. The minimum absolute atomic E-state index is 0.548. The minimum Gasteiger partial charge on any atom is -0.338 e. The van der Waals surface area contributed by atoms with Crippen LogP contribution in [-0.4, -0.2) is 22.6 Å². The number of likely N-dealkylation sites (N-methyl/N-ethyl adjacent to an activating group) is 1. The van der Waals surface area contributed by atoms with Crippen LogP contribution in [0.25, 0.3) is 0 Å². The van der Waals surface area contributed by atoms with E-state index in [-0.39, 0.29) is 0 Å². The lowest BCUT2D eigenvalue weighted by Gasteiger charge is -2.18. The molecule has 0 amide bonds. The van der Waals surface area contributed by atoms with Gasteiger partial charge in [-0.1, -0.05) is 36.8 Å². The van der Waals surface area contributed by atoms with E-state index in [1.165, 1.54) is 17.0 Å². The first kappa shape index (κ1) is 14.8. The third-order valence-electron chi connectivity index (χ3n) is 3.83. The molecule has 0 aliphatic heterocycles. The van der Waals surface area contributed by atoms with Gasteiger partial charge in [-0.15, -0.1) is 0 Å². The Kier molecular flexibility index (Phi) is 5.36. The van der Waals surface area contributed by atoms with Crippen molar-refractivity contribution in [3.63, 3.8) is 0 Å². The summed E-state index contributed by atoms with van der Waals surface area (Å²) in [6, 6.07) is 8.93. The summed E-state index contributed by atoms with van der Waals surface area (Å²) in [4.78, 5) is 4.42. The topological polar surface area (TPSA) is 29.9 Å². The molecule has 3 heteroatoms. The van der Waals surface area contributed by atoms with Gasteiger partial charge in [-0.05, 0) is 31.4 Å². The number of benzene rings is 1. The van der Waals surface area contributed by atoms with E-state index in [1.807, 2.05) is 12.4 Å². The normalized spacial score (nSPS) is 12.6. The van der Waals surface area contributed by atoms with Crippen molar-refractivity contribution in [2.24, 2.45) is 7.05 Å². The highest BCUT2D eigenvalue weighted by atomic mass is 15.0. The van der Waals surface area contributed by atoms with Gasteiger partial charge in [-0.3, -0.25) is 0 Å². The Hall–Kier alpha value is -1.61. The molecular weight excluding hydrogens is 246 g/mol. The second kappa shape index (κ2) is 7.25. The van der Waals surface area contributed by atoms with Crippen molar-refractivity contribution in [2.45, 2.75) is 32.6 Å². The summed E-state index contributed by atoms with van der Waals surface area (Å²) in [7, 11) is 2.06. The number of imidazole rings is 1. The molecule has 3 nitrogen and oxygen atoms in total. The molecule has 108 valence electrons. The first-order chi connectivity index (χ1) is 9.70. The van der Waals surface area contributed by atoms with Gasteiger partial charge in [0.25, 0.3) is 0 Å². The maximum absolute atomic E-state index is 4.42. The van der Waals surface area contributed by atoms with Gasteiger partial charge in [0.15, 0.2) is 0 Å². The Bertz CT molecular complexity index is 513. The Morgan fingerprint density at radius 2 is 2.00 bits per heavy atom. The van der Waals surface area contributed by atoms with Crippen LogP contribution in [0, 0.1) is 6.92 Å². The van der Waals surface area contributed by atoms with E-state index in [4.69, 9.17) is 0 Å². The predicted molar refractivity (Wildman–Crippen MR) is 84.0 cm³/mol. The van der Waals surface area contributed by atoms with E-state index in [9.17, 15) is 0 Å². The fraction of sp³-hybridized carbons (Fsp3) is 0.471. The molecule has 2 aromatic rings. The number of hydrogen-bond donors (Lipinski definition) is 1. The second-order valence-electron chi connectivity index (χ2n) is 5.41. The molecule has 20 heavy (non-hydrogen) atoms. The average Bonchev–Trinajstić information content (AvgIpc) is 2.86. The van der Waals surface area contributed by atoms with E-state index in [0.29, 0.717) is 5.92 Å². The molecule has 1 heterocycles. The smallest absolute Gasteiger partial charge is 0.108 e. The van der Waals surface area contributed by atoms with Crippen molar-refractivity contribution in [2.75, 3.05) is 13.1 Å². The van der Waals surface area contributed by atoms with Crippen LogP contribution in [0.5, 0.6) is 0 Å². The third kappa shape index (κ3) is 3.94. The highest BCUT2D eigenvalue weighted by molar-refractivity contribution is 5.25. The number of aromatic nitrogens is 2. The zero-order chi connectivity index (χ0) is 14.4. The lowest BCUT2D eigenvalue weighted by Crippen LogP contribution is -2.22. The summed E-state index contributed by atoms with van der Waals surface area (Å²) in [5.41, 5.74) is 2.74. The number of hydrogen-bond acceptors (Lipinski definition) is 2. The van der Waals surface area contributed by atoms with Gasteiger partial charge in [0.2, 0.25) is 0 Å². The Labute approximate surface area is 122 Å². The predicted octanol–water partition coefficient (Wildman–Crippen LogP) is 3.05. The van der Waals surface area contributed by atoms with Crippen LogP contribution >= 0.6 is 0 Å². The fourth-order valence-corrected chi connectivity index (χ4v) is 2.48. The summed E-state index contributed by atoms with van der Waals surface area (Å²) in [5.74, 6) is 1.71. The van der Waals surface area contributed by atoms with Gasteiger partial charge in [0.05, 0.1) is 0 Å². The van der Waals surface area contributed by atoms with Gasteiger partial charge in [-0.25, -0.2) is 4.98 Å². The zero-order valence-electron chi connectivity index (χ0n) is 12.8. The maximum Gasteiger partial charge on any atom is 0.108 e. The summed E-state index contributed by atoms with van der Waals surface area (Å²) in [5, 5.41) is 3.48. The van der Waals surface area contributed by atoms with E-state index in [2.05, 4.69) is 60.0 Å². The quantitative estimate of drug-likeness (QED) is 0.839. The number of nitrogens with zero attached hydrogens (tertiary/aromatic N) is 2. The minimum atomic E-state index is 0.548. The van der Waals surface area contributed by atoms with Gasteiger partial charge in [0.1, 0.15) is 5.82 Å². The maximum atomic E-state index is 4.42. The Balaban J connectivity index is 2.03. The molecular formula is C17H25N3. The Morgan fingerprint density at radius 1 is 1.25 bits per heavy atom. The molecule has 0 saturated heterocycles. The van der Waals surface area contributed by atoms with Gasteiger partial charge in [-0.2, -0.15) is 0 Å². The van der Waals surface area contributed by atoms with Gasteiger partial charge in [0, 0.05) is 32.4 Å². The zero-order valence-corrected chi connectivity index (χ0v) is 12.8. The van der Waals surface area contributed by atoms with Crippen molar-refractivity contribution in [1.29, 1.82) is 0 Å². The van der Waals surface area contributed by atoms with Crippen LogP contribution in [0.15, 0.2) is 36.7 Å². The molecule has 0 aliphatic rings. The monoisotopic (exact) mass is 271 g/mol. The van der Waals surface area contributed by atoms with Gasteiger partial charge < -0.3 is 9.88 Å². The Morgan fingerprint density at radius 3 is 2.60 bits per heavy atom. The third-order valence-corrected chi connectivity index (χ3v) is 3.83. The highest BCUT2D eigenvalue weighted by Crippen LogP contribution is 2.21. The number of aryl methyl sites for hydroxylation is 3. The molecule has 1 unspecified atom stereocenters. The van der Waals surface area contributed by atoms with E-state index < -0.39 is 0 Å². The summed E-state index contributed by atoms with van der Waals surface area (Å²) in [6.07, 6.45) is 6.04. The fourth-order valence-electron chi connectivity index (χ4n) is 2.48. The van der Waals surface area contributed by atoms with Crippen LogP contribution < -0.4 is 5.32 Å². The van der Waals surface area contributed by atoms with Gasteiger partial charge >= 0.3 is 0 Å². The van der Waals surface area contributed by atoms with E-state index >= 15 is 0 Å². The van der Waals surface area contributed by atoms with Crippen molar-refractivity contribution in [3.8, 4) is 0 Å². The van der Waals surface area contributed by atoms with Crippen molar-refractivity contribution in [1.82, 2.24) is 14.9 Å². The van der Waals surface area contributed by atoms with E-state index in [1.54, 1.807) is 0 Å². The first-order valence-electron chi connectivity index (χ1n) is 7.44. The number of rotatable bonds is 7. The standard InChI is InChI=1S/C17H25N3/c1-4-18-13-16(15-7-5-14(2)6-8-15)9-10-17-19-11-12-20(17)3/h5-8,11-12,16,18H,4,9-10,13H2,1-3H3. The van der Waals surface area contributed by atoms with Crippen LogP contribution in [0.4, 0.5) is 0 Å². The van der Waals surface area contributed by atoms with Crippen LogP contribution in [-0.2, 0) is 13.5 Å². The first-order valence-corrected chi connectivity index (χ1v) is 7.44. The van der Waals surface area contributed by atoms with E-state index in [0.717, 1.165) is 25.9 Å². The lowest BCUT2D eigenvalue weighted by atomic mass is 9.93. The van der Waals surface area contributed by atoms with Crippen molar-refractivity contribution < 1.29 is 0 Å². The molecule has 2 rings (SSSR count). The molecule has 0 spiro atoms. The molecule has 0 aliphatic carbocycles. The summed E-state index contributed by atoms with van der Waals surface area (Å²) < 4.78 is 2.11. The second-order valence-corrected chi connectivity index (χ2v) is 5.41. The summed E-state index contributed by atoms with van der Waals surface area (Å²) in [6.45, 7) is 6.34. The molecule has 0 fully saturated rings. The largest absolute Gasteiger partial charge is 0.338 e. The molecule has 0 bridgehead atoms. The lowest BCUT2D eigenvalue weighted by molar-refractivity contribution is 0.550. The SMILES string of the molecule is CCNCC(CCc1nccn1C)c1ccc(C)cc1. The van der Waals surface area contributed by atoms with Crippen LogP contribution in [0.3, 0.4) is 0 Å². The molecule has 1 N–H and O–H groups in total. The molecule has 1 atom stereocenters. The summed E-state index contributed by atoms with van der Waals surface area (Å²) >= 11 is 0. The number of nitrogens with one attached hydrogen (secondary N) is 1. The van der Waals surface area contributed by atoms with Crippen molar-refractivity contribution in [3.05, 3.63) is 53.6 Å². The van der Waals surface area contributed by atoms with Crippen molar-refractivity contribution >= 4 is 0 Å². The van der Waals surface area contributed by atoms with Crippen LogP contribution in [0.1, 0.15) is 36.2 Å².